The molecule has 0 radical (unpaired) electrons. The lowest BCUT2D eigenvalue weighted by Gasteiger charge is -2.34. The highest BCUT2D eigenvalue weighted by atomic mass is 16.5. The molecule has 1 aliphatic rings. The molecule has 1 fully saturated rings. The topological polar surface area (TPSA) is 63.5 Å². The molecule has 35 heavy (non-hydrogen) atoms. The van der Waals surface area contributed by atoms with Crippen LogP contribution in [0, 0.1) is 0 Å². The number of anilines is 1. The van der Waals surface area contributed by atoms with E-state index in [9.17, 15) is 4.79 Å². The SMILES string of the molecule is COc1ccccc1-c1nn(-c2ccccc2)cc1/C=C/C(=O)N1CCN(c2ccccn2)CC1. The number of piperazine rings is 1. The summed E-state index contributed by atoms with van der Waals surface area (Å²) in [6, 6.07) is 23.6. The van der Waals surface area contributed by atoms with Gasteiger partial charge in [-0.1, -0.05) is 36.4 Å². The van der Waals surface area contributed by atoms with E-state index in [1.165, 1.54) is 0 Å². The zero-order valence-corrected chi connectivity index (χ0v) is 19.6. The van der Waals surface area contributed by atoms with Crippen LogP contribution in [0.4, 0.5) is 5.82 Å². The largest absolute Gasteiger partial charge is 0.496 e. The van der Waals surface area contributed by atoms with Crippen molar-refractivity contribution in [2.45, 2.75) is 0 Å². The summed E-state index contributed by atoms with van der Waals surface area (Å²) in [5.41, 5.74) is 3.43. The number of methoxy groups -OCH3 is 1. The number of rotatable bonds is 6. The Kier molecular flexibility index (Phi) is 6.57. The van der Waals surface area contributed by atoms with E-state index < -0.39 is 0 Å². The molecule has 0 spiro atoms. The van der Waals surface area contributed by atoms with Gasteiger partial charge in [0.15, 0.2) is 0 Å². The lowest BCUT2D eigenvalue weighted by atomic mass is 10.1. The second-order valence-corrected chi connectivity index (χ2v) is 8.25. The number of carbonyl (C=O) groups is 1. The first-order valence-electron chi connectivity index (χ1n) is 11.6. The molecule has 1 saturated heterocycles. The van der Waals surface area contributed by atoms with Gasteiger partial charge in [-0.3, -0.25) is 4.79 Å². The molecular formula is C28H27N5O2. The fourth-order valence-corrected chi connectivity index (χ4v) is 4.24. The van der Waals surface area contributed by atoms with E-state index in [0.29, 0.717) is 13.1 Å². The highest BCUT2D eigenvalue weighted by molar-refractivity contribution is 5.93. The van der Waals surface area contributed by atoms with Crippen LogP contribution >= 0.6 is 0 Å². The van der Waals surface area contributed by atoms with Gasteiger partial charge >= 0.3 is 0 Å². The van der Waals surface area contributed by atoms with Crippen LogP contribution in [0.1, 0.15) is 5.56 Å². The van der Waals surface area contributed by atoms with E-state index in [1.54, 1.807) is 19.4 Å². The number of nitrogens with zero attached hydrogens (tertiary/aromatic N) is 5. The maximum absolute atomic E-state index is 13.0. The van der Waals surface area contributed by atoms with E-state index >= 15 is 0 Å². The Morgan fingerprint density at radius 1 is 0.914 bits per heavy atom. The van der Waals surface area contributed by atoms with Gasteiger partial charge in [-0.05, 0) is 42.5 Å². The third-order valence-electron chi connectivity index (χ3n) is 6.10. The van der Waals surface area contributed by atoms with Gasteiger partial charge in [0.2, 0.25) is 5.91 Å². The summed E-state index contributed by atoms with van der Waals surface area (Å²) in [5, 5.41) is 4.84. The monoisotopic (exact) mass is 465 g/mol. The Morgan fingerprint density at radius 3 is 2.40 bits per heavy atom. The predicted molar refractivity (Wildman–Crippen MR) is 138 cm³/mol. The number of ether oxygens (including phenoxy) is 1. The highest BCUT2D eigenvalue weighted by Gasteiger charge is 2.21. The van der Waals surface area contributed by atoms with Crippen molar-refractivity contribution in [1.82, 2.24) is 19.7 Å². The summed E-state index contributed by atoms with van der Waals surface area (Å²) in [5.74, 6) is 1.67. The zero-order chi connectivity index (χ0) is 24.0. The van der Waals surface area contributed by atoms with Crippen molar-refractivity contribution >= 4 is 17.8 Å². The molecule has 0 bridgehead atoms. The lowest BCUT2D eigenvalue weighted by Crippen LogP contribution is -2.48. The van der Waals surface area contributed by atoms with E-state index in [1.807, 2.05) is 94.7 Å². The summed E-state index contributed by atoms with van der Waals surface area (Å²) < 4.78 is 7.41. The van der Waals surface area contributed by atoms with Crippen molar-refractivity contribution < 1.29 is 9.53 Å². The van der Waals surface area contributed by atoms with Gasteiger partial charge in [0.05, 0.1) is 12.8 Å². The molecule has 0 saturated carbocycles. The van der Waals surface area contributed by atoms with Crippen LogP contribution in [0.15, 0.2) is 91.3 Å². The number of pyridine rings is 1. The molecule has 0 N–H and O–H groups in total. The van der Waals surface area contributed by atoms with Gasteiger partial charge in [0.1, 0.15) is 17.3 Å². The molecule has 4 aromatic rings. The van der Waals surface area contributed by atoms with Gasteiger partial charge in [-0.15, -0.1) is 0 Å². The smallest absolute Gasteiger partial charge is 0.246 e. The molecule has 176 valence electrons. The number of amides is 1. The summed E-state index contributed by atoms with van der Waals surface area (Å²) in [6.07, 6.45) is 7.23. The molecule has 0 unspecified atom stereocenters. The van der Waals surface area contributed by atoms with Crippen molar-refractivity contribution in [1.29, 1.82) is 0 Å². The minimum Gasteiger partial charge on any atom is -0.496 e. The summed E-state index contributed by atoms with van der Waals surface area (Å²) in [4.78, 5) is 21.5. The number of aromatic nitrogens is 3. The van der Waals surface area contributed by atoms with Crippen LogP contribution in [0.25, 0.3) is 23.0 Å². The number of carbonyl (C=O) groups excluding carboxylic acids is 1. The molecule has 5 rings (SSSR count). The molecule has 7 heteroatoms. The highest BCUT2D eigenvalue weighted by Crippen LogP contribution is 2.32. The standard InChI is InChI=1S/C28H27N5O2/c1-35-25-12-6-5-11-24(25)28-22(21-33(30-28)23-9-3-2-4-10-23)14-15-27(34)32-19-17-31(18-20-32)26-13-7-8-16-29-26/h2-16,21H,17-20H2,1H3/b15-14+. The average Bonchev–Trinajstić information content (AvgIpc) is 3.37. The summed E-state index contributed by atoms with van der Waals surface area (Å²) in [7, 11) is 1.65. The van der Waals surface area contributed by atoms with Crippen LogP contribution in [0.2, 0.25) is 0 Å². The summed E-state index contributed by atoms with van der Waals surface area (Å²) >= 11 is 0. The number of hydrogen-bond acceptors (Lipinski definition) is 5. The Bertz CT molecular complexity index is 1310. The predicted octanol–water partition coefficient (Wildman–Crippen LogP) is 4.30. The molecular weight excluding hydrogens is 438 g/mol. The van der Waals surface area contributed by atoms with Crippen LogP contribution in [-0.2, 0) is 4.79 Å². The molecule has 0 aliphatic carbocycles. The molecule has 1 amide bonds. The Morgan fingerprint density at radius 2 is 1.66 bits per heavy atom. The second-order valence-electron chi connectivity index (χ2n) is 8.25. The minimum atomic E-state index is -0.0101. The van der Waals surface area contributed by atoms with Crippen molar-refractivity contribution in [2.75, 3.05) is 38.2 Å². The third kappa shape index (κ3) is 4.94. The van der Waals surface area contributed by atoms with E-state index in [2.05, 4.69) is 9.88 Å². The van der Waals surface area contributed by atoms with Crippen molar-refractivity contribution in [3.8, 4) is 22.7 Å². The Labute approximate surface area is 204 Å². The fraction of sp³-hybridized carbons (Fsp3) is 0.179. The minimum absolute atomic E-state index is 0.0101. The molecule has 2 aromatic carbocycles. The van der Waals surface area contributed by atoms with Crippen LogP contribution in [-0.4, -0.2) is 58.9 Å². The lowest BCUT2D eigenvalue weighted by molar-refractivity contribution is -0.126. The first-order valence-corrected chi connectivity index (χ1v) is 11.6. The molecule has 1 aliphatic heterocycles. The Hall–Kier alpha value is -4.39. The molecule has 0 atom stereocenters. The van der Waals surface area contributed by atoms with Crippen molar-refractivity contribution in [3.63, 3.8) is 0 Å². The first kappa shape index (κ1) is 22.4. The molecule has 2 aromatic heterocycles. The quantitative estimate of drug-likeness (QED) is 0.397. The van der Waals surface area contributed by atoms with Gasteiger partial charge in [0.25, 0.3) is 0 Å². The normalized spacial score (nSPS) is 13.9. The first-order chi connectivity index (χ1) is 17.2. The van der Waals surface area contributed by atoms with Crippen LogP contribution in [0.5, 0.6) is 5.75 Å². The maximum atomic E-state index is 13.0. The van der Waals surface area contributed by atoms with Crippen LogP contribution < -0.4 is 9.64 Å². The fourth-order valence-electron chi connectivity index (χ4n) is 4.24. The van der Waals surface area contributed by atoms with E-state index in [4.69, 9.17) is 9.84 Å². The van der Waals surface area contributed by atoms with Gasteiger partial charge in [-0.25, -0.2) is 9.67 Å². The molecule has 7 nitrogen and oxygen atoms in total. The summed E-state index contributed by atoms with van der Waals surface area (Å²) in [6.45, 7) is 2.83. The number of benzene rings is 2. The van der Waals surface area contributed by atoms with Crippen molar-refractivity contribution in [3.05, 3.63) is 96.8 Å². The second kappa shape index (κ2) is 10.3. The Balaban J connectivity index is 1.37. The molecule has 3 heterocycles. The third-order valence-corrected chi connectivity index (χ3v) is 6.10. The van der Waals surface area contributed by atoms with Gasteiger partial charge < -0.3 is 14.5 Å². The number of hydrogen-bond donors (Lipinski definition) is 0. The maximum Gasteiger partial charge on any atom is 0.246 e. The van der Waals surface area contributed by atoms with Crippen molar-refractivity contribution in [2.24, 2.45) is 0 Å². The zero-order valence-electron chi connectivity index (χ0n) is 19.6. The van der Waals surface area contributed by atoms with E-state index in [-0.39, 0.29) is 5.91 Å². The van der Waals surface area contributed by atoms with Gasteiger partial charge in [-0.2, -0.15) is 5.10 Å². The number of para-hydroxylation sites is 2. The van der Waals surface area contributed by atoms with E-state index in [0.717, 1.165) is 47.2 Å². The average molecular weight is 466 g/mol. The van der Waals surface area contributed by atoms with Gasteiger partial charge in [0, 0.05) is 55.8 Å². The van der Waals surface area contributed by atoms with Crippen LogP contribution in [0.3, 0.4) is 0 Å².